The van der Waals surface area contributed by atoms with E-state index in [9.17, 15) is 19.2 Å². The average molecular weight is 453 g/mol. The summed E-state index contributed by atoms with van der Waals surface area (Å²) < 4.78 is 10.6. The Balaban J connectivity index is 1.82. The average Bonchev–Trinajstić information content (AvgIpc) is 3.06. The van der Waals surface area contributed by atoms with E-state index in [0.29, 0.717) is 23.6 Å². The van der Waals surface area contributed by atoms with Crippen LogP contribution in [-0.4, -0.2) is 46.8 Å². The van der Waals surface area contributed by atoms with Crippen molar-refractivity contribution in [3.8, 4) is 11.5 Å². The molecule has 0 radical (unpaired) electrons. The van der Waals surface area contributed by atoms with Crippen LogP contribution in [-0.2, 0) is 19.2 Å². The van der Waals surface area contributed by atoms with Gasteiger partial charge in [-0.2, -0.15) is 0 Å². The highest BCUT2D eigenvalue weighted by Gasteiger charge is 2.48. The normalized spacial score (nSPS) is 16.0. The third-order valence-electron chi connectivity index (χ3n) is 5.68. The zero-order valence-corrected chi connectivity index (χ0v) is 19.2. The Bertz CT molecular complexity index is 1030. The lowest BCUT2D eigenvalue weighted by Gasteiger charge is -2.41. The molecule has 0 bridgehead atoms. The van der Waals surface area contributed by atoms with Crippen molar-refractivity contribution in [1.82, 2.24) is 4.90 Å². The second kappa shape index (κ2) is 9.85. The molecule has 0 N–H and O–H groups in total. The Kier molecular flexibility index (Phi) is 7.16. The standard InChI is InChI=1S/C25H28N2O6/c1-5-25(3,4)27(23(30)16-32-19-9-7-6-8-10-19)21-15-22(29)26(24(21)31)18-11-13-20(14-12-18)33-17(2)28/h6-14,21H,5,15-16H2,1-4H3. The molecule has 8 heteroatoms. The van der Waals surface area contributed by atoms with Crippen molar-refractivity contribution in [1.29, 1.82) is 0 Å². The van der Waals surface area contributed by atoms with E-state index in [1.807, 2.05) is 26.8 Å². The lowest BCUT2D eigenvalue weighted by molar-refractivity contribution is -0.146. The van der Waals surface area contributed by atoms with Gasteiger partial charge in [0.05, 0.1) is 12.1 Å². The van der Waals surface area contributed by atoms with Gasteiger partial charge in [-0.15, -0.1) is 0 Å². The number of carbonyl (C=O) groups is 4. The maximum Gasteiger partial charge on any atom is 0.308 e. The number of nitrogens with zero attached hydrogens (tertiary/aromatic N) is 2. The molecule has 0 aromatic heterocycles. The van der Waals surface area contributed by atoms with E-state index in [1.165, 1.54) is 36.1 Å². The van der Waals surface area contributed by atoms with Gasteiger partial charge < -0.3 is 14.4 Å². The lowest BCUT2D eigenvalue weighted by Crippen LogP contribution is -2.56. The number of rotatable bonds is 8. The molecule has 0 saturated carbocycles. The van der Waals surface area contributed by atoms with Crippen molar-refractivity contribution in [2.75, 3.05) is 11.5 Å². The molecule has 1 saturated heterocycles. The predicted molar refractivity (Wildman–Crippen MR) is 122 cm³/mol. The molecule has 33 heavy (non-hydrogen) atoms. The van der Waals surface area contributed by atoms with Crippen LogP contribution in [0.25, 0.3) is 0 Å². The fourth-order valence-electron chi connectivity index (χ4n) is 3.75. The number of hydrogen-bond acceptors (Lipinski definition) is 6. The monoisotopic (exact) mass is 452 g/mol. The number of carbonyl (C=O) groups excluding carboxylic acids is 4. The highest BCUT2D eigenvalue weighted by atomic mass is 16.5. The summed E-state index contributed by atoms with van der Waals surface area (Å²) in [5, 5.41) is 0. The van der Waals surface area contributed by atoms with Crippen LogP contribution >= 0.6 is 0 Å². The van der Waals surface area contributed by atoms with Gasteiger partial charge in [0, 0.05) is 12.5 Å². The number of amides is 3. The van der Waals surface area contributed by atoms with Crippen molar-refractivity contribution >= 4 is 29.4 Å². The fourth-order valence-corrected chi connectivity index (χ4v) is 3.75. The molecular formula is C25H28N2O6. The third kappa shape index (κ3) is 5.39. The molecule has 3 amide bonds. The second-order valence-electron chi connectivity index (χ2n) is 8.41. The second-order valence-corrected chi connectivity index (χ2v) is 8.41. The van der Waals surface area contributed by atoms with Crippen molar-refractivity contribution in [3.63, 3.8) is 0 Å². The van der Waals surface area contributed by atoms with Crippen LogP contribution in [0.1, 0.15) is 40.5 Å². The zero-order valence-electron chi connectivity index (χ0n) is 19.2. The van der Waals surface area contributed by atoms with Crippen LogP contribution in [0.2, 0.25) is 0 Å². The molecule has 1 unspecified atom stereocenters. The zero-order chi connectivity index (χ0) is 24.2. The molecular weight excluding hydrogens is 424 g/mol. The molecule has 1 aliphatic heterocycles. The molecule has 2 aromatic carbocycles. The summed E-state index contributed by atoms with van der Waals surface area (Å²) in [5.41, 5.74) is -0.321. The van der Waals surface area contributed by atoms with Crippen LogP contribution in [0.3, 0.4) is 0 Å². The molecule has 1 aliphatic rings. The summed E-state index contributed by atoms with van der Waals surface area (Å²) in [4.78, 5) is 53.1. The predicted octanol–water partition coefficient (Wildman–Crippen LogP) is 3.34. The maximum atomic E-state index is 13.3. The molecule has 3 rings (SSSR count). The summed E-state index contributed by atoms with van der Waals surface area (Å²) >= 11 is 0. The molecule has 0 spiro atoms. The van der Waals surface area contributed by atoms with Crippen LogP contribution in [0.15, 0.2) is 54.6 Å². The summed E-state index contributed by atoms with van der Waals surface area (Å²) in [5.74, 6) is -0.866. The molecule has 1 heterocycles. The Labute approximate surface area is 193 Å². The fraction of sp³-hybridized carbons (Fsp3) is 0.360. The Morgan fingerprint density at radius 2 is 1.67 bits per heavy atom. The van der Waals surface area contributed by atoms with Gasteiger partial charge in [0.25, 0.3) is 11.8 Å². The largest absolute Gasteiger partial charge is 0.484 e. The SMILES string of the molecule is CCC(C)(C)N(C(=O)COc1ccccc1)C1CC(=O)N(c2ccc(OC(C)=O)cc2)C1=O. The number of benzene rings is 2. The van der Waals surface area contributed by atoms with Crippen LogP contribution in [0.4, 0.5) is 5.69 Å². The minimum Gasteiger partial charge on any atom is -0.484 e. The number of anilines is 1. The van der Waals surface area contributed by atoms with E-state index in [4.69, 9.17) is 9.47 Å². The number of hydrogen-bond donors (Lipinski definition) is 0. The molecule has 174 valence electrons. The van der Waals surface area contributed by atoms with Gasteiger partial charge in [-0.1, -0.05) is 25.1 Å². The first kappa shape index (κ1) is 24.0. The van der Waals surface area contributed by atoms with Gasteiger partial charge in [-0.3, -0.25) is 19.2 Å². The van der Waals surface area contributed by atoms with Gasteiger partial charge in [-0.25, -0.2) is 4.90 Å². The Hall–Kier alpha value is -3.68. The first-order valence-electron chi connectivity index (χ1n) is 10.8. The topological polar surface area (TPSA) is 93.2 Å². The highest BCUT2D eigenvalue weighted by molar-refractivity contribution is 6.23. The van der Waals surface area contributed by atoms with E-state index in [1.54, 1.807) is 24.3 Å². The van der Waals surface area contributed by atoms with E-state index in [0.717, 1.165) is 4.90 Å². The van der Waals surface area contributed by atoms with Gasteiger partial charge in [0.2, 0.25) is 5.91 Å². The quantitative estimate of drug-likeness (QED) is 0.347. The van der Waals surface area contributed by atoms with E-state index in [2.05, 4.69) is 0 Å². The number of para-hydroxylation sites is 1. The summed E-state index contributed by atoms with van der Waals surface area (Å²) in [6.07, 6.45) is 0.462. The first-order valence-corrected chi connectivity index (χ1v) is 10.8. The van der Waals surface area contributed by atoms with E-state index in [-0.39, 0.29) is 18.9 Å². The van der Waals surface area contributed by atoms with Gasteiger partial charge >= 0.3 is 5.97 Å². The van der Waals surface area contributed by atoms with Gasteiger partial charge in [0.1, 0.15) is 17.5 Å². The molecule has 2 aromatic rings. The van der Waals surface area contributed by atoms with Gasteiger partial charge in [-0.05, 0) is 56.7 Å². The summed E-state index contributed by atoms with van der Waals surface area (Å²) in [6.45, 7) is 6.69. The van der Waals surface area contributed by atoms with E-state index < -0.39 is 29.4 Å². The summed E-state index contributed by atoms with van der Waals surface area (Å²) in [6, 6.07) is 14.1. The summed E-state index contributed by atoms with van der Waals surface area (Å²) in [7, 11) is 0. The molecule has 8 nitrogen and oxygen atoms in total. The van der Waals surface area contributed by atoms with Crippen molar-refractivity contribution in [2.24, 2.45) is 0 Å². The highest BCUT2D eigenvalue weighted by Crippen LogP contribution is 2.32. The first-order chi connectivity index (χ1) is 15.6. The number of esters is 1. The molecule has 1 atom stereocenters. The van der Waals surface area contributed by atoms with Crippen LogP contribution in [0, 0.1) is 0 Å². The van der Waals surface area contributed by atoms with Crippen LogP contribution < -0.4 is 14.4 Å². The minimum absolute atomic E-state index is 0.120. The third-order valence-corrected chi connectivity index (χ3v) is 5.68. The minimum atomic E-state index is -0.938. The Morgan fingerprint density at radius 3 is 2.24 bits per heavy atom. The van der Waals surface area contributed by atoms with Crippen molar-refractivity contribution in [2.45, 2.75) is 52.1 Å². The van der Waals surface area contributed by atoms with Gasteiger partial charge in [0.15, 0.2) is 6.61 Å². The number of imide groups is 1. The lowest BCUT2D eigenvalue weighted by atomic mass is 9.96. The van der Waals surface area contributed by atoms with Crippen LogP contribution in [0.5, 0.6) is 11.5 Å². The van der Waals surface area contributed by atoms with E-state index >= 15 is 0 Å². The molecule has 0 aliphatic carbocycles. The van der Waals surface area contributed by atoms with Crippen molar-refractivity contribution in [3.05, 3.63) is 54.6 Å². The molecule has 1 fully saturated rings. The van der Waals surface area contributed by atoms with Crippen molar-refractivity contribution < 1.29 is 28.7 Å². The maximum absolute atomic E-state index is 13.3. The smallest absolute Gasteiger partial charge is 0.308 e. The number of ether oxygens (including phenoxy) is 2. The Morgan fingerprint density at radius 1 is 1.03 bits per heavy atom.